The van der Waals surface area contributed by atoms with Crippen molar-refractivity contribution in [3.8, 4) is 0 Å². The van der Waals surface area contributed by atoms with E-state index in [1.807, 2.05) is 11.8 Å². The molecule has 0 radical (unpaired) electrons. The highest BCUT2D eigenvalue weighted by Gasteiger charge is 2.31. The topological polar surface area (TPSA) is 32.3 Å². The maximum atomic E-state index is 12.3. The van der Waals surface area contributed by atoms with Gasteiger partial charge in [0.25, 0.3) is 0 Å². The fourth-order valence-corrected chi connectivity index (χ4v) is 4.07. The Kier molecular flexibility index (Phi) is 4.63. The minimum Gasteiger partial charge on any atom is -0.341 e. The number of carbonyl (C=O) groups is 1. The zero-order valence-corrected chi connectivity index (χ0v) is 12.6. The number of nitrogens with one attached hydrogen (secondary N) is 1. The normalized spacial score (nSPS) is 26.1. The summed E-state index contributed by atoms with van der Waals surface area (Å²) in [4.78, 5) is 15.7. The van der Waals surface area contributed by atoms with E-state index >= 15 is 0 Å². The summed E-state index contributed by atoms with van der Waals surface area (Å²) in [6.07, 6.45) is 3.30. The van der Waals surface area contributed by atoms with Crippen LogP contribution in [0.25, 0.3) is 0 Å². The maximum Gasteiger partial charge on any atom is 0.239 e. The monoisotopic (exact) mass is 290 g/mol. The van der Waals surface area contributed by atoms with Crippen molar-refractivity contribution < 1.29 is 4.79 Å². The third-order valence-electron chi connectivity index (χ3n) is 4.18. The summed E-state index contributed by atoms with van der Waals surface area (Å²) in [6.45, 7) is 2.88. The highest BCUT2D eigenvalue weighted by molar-refractivity contribution is 7.99. The SMILES string of the molecule is O=C([C@H]1CCCN1)N1CC[C@H](CSc2ccccc2)C1. The molecular formula is C16H22N2OS. The maximum absolute atomic E-state index is 12.3. The molecule has 0 saturated carbocycles. The number of carbonyl (C=O) groups excluding carboxylic acids is 1. The van der Waals surface area contributed by atoms with Crippen molar-refractivity contribution in [1.29, 1.82) is 0 Å². The predicted molar refractivity (Wildman–Crippen MR) is 82.9 cm³/mol. The van der Waals surface area contributed by atoms with Crippen LogP contribution in [0.3, 0.4) is 0 Å². The van der Waals surface area contributed by atoms with Gasteiger partial charge in [-0.05, 0) is 43.9 Å². The molecule has 1 aromatic carbocycles. The van der Waals surface area contributed by atoms with E-state index in [-0.39, 0.29) is 6.04 Å². The van der Waals surface area contributed by atoms with Crippen LogP contribution in [0.2, 0.25) is 0 Å². The van der Waals surface area contributed by atoms with E-state index in [9.17, 15) is 4.79 Å². The number of nitrogens with zero attached hydrogens (tertiary/aromatic N) is 1. The molecule has 1 aromatic rings. The van der Waals surface area contributed by atoms with E-state index in [2.05, 4.69) is 40.5 Å². The Hall–Kier alpha value is -1.00. The minimum absolute atomic E-state index is 0.0931. The van der Waals surface area contributed by atoms with Crippen molar-refractivity contribution >= 4 is 17.7 Å². The van der Waals surface area contributed by atoms with Gasteiger partial charge >= 0.3 is 0 Å². The van der Waals surface area contributed by atoms with Crippen LogP contribution >= 0.6 is 11.8 Å². The van der Waals surface area contributed by atoms with E-state index in [1.165, 1.54) is 4.90 Å². The second-order valence-corrected chi connectivity index (χ2v) is 6.81. The van der Waals surface area contributed by atoms with Gasteiger partial charge in [-0.3, -0.25) is 4.79 Å². The Labute approximate surface area is 125 Å². The van der Waals surface area contributed by atoms with E-state index in [0.717, 1.165) is 44.6 Å². The van der Waals surface area contributed by atoms with E-state index in [1.54, 1.807) is 0 Å². The molecule has 0 bridgehead atoms. The van der Waals surface area contributed by atoms with E-state index in [0.29, 0.717) is 11.8 Å². The molecule has 2 heterocycles. The third kappa shape index (κ3) is 3.36. The van der Waals surface area contributed by atoms with Crippen molar-refractivity contribution in [2.24, 2.45) is 5.92 Å². The lowest BCUT2D eigenvalue weighted by Crippen LogP contribution is -2.42. The first kappa shape index (κ1) is 14.0. The Bertz CT molecular complexity index is 445. The molecule has 0 spiro atoms. The quantitative estimate of drug-likeness (QED) is 0.864. The molecular weight excluding hydrogens is 268 g/mol. The second kappa shape index (κ2) is 6.64. The Morgan fingerprint density at radius 3 is 2.90 bits per heavy atom. The van der Waals surface area contributed by atoms with Gasteiger partial charge in [-0.15, -0.1) is 11.8 Å². The summed E-state index contributed by atoms with van der Waals surface area (Å²) in [7, 11) is 0. The summed E-state index contributed by atoms with van der Waals surface area (Å²) in [6, 6.07) is 10.6. The van der Waals surface area contributed by atoms with Crippen LogP contribution in [0.5, 0.6) is 0 Å². The number of rotatable bonds is 4. The molecule has 108 valence electrons. The Balaban J connectivity index is 1.46. The van der Waals surface area contributed by atoms with Crippen LogP contribution in [0, 0.1) is 5.92 Å². The van der Waals surface area contributed by atoms with Crippen LogP contribution in [-0.4, -0.2) is 42.2 Å². The number of thioether (sulfide) groups is 1. The zero-order valence-electron chi connectivity index (χ0n) is 11.8. The number of hydrogen-bond donors (Lipinski definition) is 1. The van der Waals surface area contributed by atoms with E-state index < -0.39 is 0 Å². The van der Waals surface area contributed by atoms with Gasteiger partial charge in [0.1, 0.15) is 0 Å². The fourth-order valence-electron chi connectivity index (χ4n) is 3.02. The van der Waals surface area contributed by atoms with Crippen molar-refractivity contribution in [2.45, 2.75) is 30.2 Å². The minimum atomic E-state index is 0.0931. The van der Waals surface area contributed by atoms with Gasteiger partial charge in [-0.2, -0.15) is 0 Å². The summed E-state index contributed by atoms with van der Waals surface area (Å²) in [5.74, 6) is 2.09. The van der Waals surface area contributed by atoms with Gasteiger partial charge in [0.2, 0.25) is 5.91 Å². The van der Waals surface area contributed by atoms with Crippen LogP contribution in [0.15, 0.2) is 35.2 Å². The number of benzene rings is 1. The first-order valence-corrected chi connectivity index (χ1v) is 8.51. The van der Waals surface area contributed by atoms with Gasteiger partial charge in [0.05, 0.1) is 6.04 Å². The molecule has 4 heteroatoms. The Morgan fingerprint density at radius 1 is 1.30 bits per heavy atom. The lowest BCUT2D eigenvalue weighted by Gasteiger charge is -2.20. The van der Waals surface area contributed by atoms with Crippen molar-refractivity contribution in [1.82, 2.24) is 10.2 Å². The summed E-state index contributed by atoms with van der Waals surface area (Å²) in [5.41, 5.74) is 0. The molecule has 3 nitrogen and oxygen atoms in total. The van der Waals surface area contributed by atoms with Crippen LogP contribution in [0.1, 0.15) is 19.3 Å². The molecule has 0 aliphatic carbocycles. The largest absolute Gasteiger partial charge is 0.341 e. The standard InChI is InChI=1S/C16H22N2OS/c19-16(15-7-4-9-17-15)18-10-8-13(11-18)12-20-14-5-2-1-3-6-14/h1-3,5-6,13,15,17H,4,7-12H2/t13-,15+/m0/s1. The smallest absolute Gasteiger partial charge is 0.239 e. The number of likely N-dealkylation sites (tertiary alicyclic amines) is 1. The highest BCUT2D eigenvalue weighted by Crippen LogP contribution is 2.26. The second-order valence-electron chi connectivity index (χ2n) is 5.71. The van der Waals surface area contributed by atoms with Crippen LogP contribution < -0.4 is 5.32 Å². The number of hydrogen-bond acceptors (Lipinski definition) is 3. The van der Waals surface area contributed by atoms with Gasteiger partial charge in [-0.1, -0.05) is 18.2 Å². The van der Waals surface area contributed by atoms with Crippen molar-refractivity contribution in [2.75, 3.05) is 25.4 Å². The first-order chi connectivity index (χ1) is 9.83. The molecule has 1 N–H and O–H groups in total. The Morgan fingerprint density at radius 2 is 2.15 bits per heavy atom. The summed E-state index contributed by atoms with van der Waals surface area (Å²) < 4.78 is 0. The molecule has 2 atom stereocenters. The van der Waals surface area contributed by atoms with Crippen LogP contribution in [-0.2, 0) is 4.79 Å². The average molecular weight is 290 g/mol. The van der Waals surface area contributed by atoms with Gasteiger partial charge < -0.3 is 10.2 Å². The fraction of sp³-hybridized carbons (Fsp3) is 0.562. The lowest BCUT2D eigenvalue weighted by molar-refractivity contribution is -0.132. The van der Waals surface area contributed by atoms with Crippen molar-refractivity contribution in [3.05, 3.63) is 30.3 Å². The van der Waals surface area contributed by atoms with Crippen molar-refractivity contribution in [3.63, 3.8) is 0 Å². The molecule has 2 aliphatic heterocycles. The molecule has 0 unspecified atom stereocenters. The zero-order chi connectivity index (χ0) is 13.8. The first-order valence-electron chi connectivity index (χ1n) is 7.53. The summed E-state index contributed by atoms with van der Waals surface area (Å²) in [5, 5.41) is 3.31. The molecule has 0 aromatic heterocycles. The molecule has 2 aliphatic rings. The molecule has 2 saturated heterocycles. The summed E-state index contributed by atoms with van der Waals surface area (Å²) >= 11 is 1.91. The van der Waals surface area contributed by atoms with Gasteiger partial charge in [-0.25, -0.2) is 0 Å². The van der Waals surface area contributed by atoms with Gasteiger partial charge in [0.15, 0.2) is 0 Å². The molecule has 3 rings (SSSR count). The highest BCUT2D eigenvalue weighted by atomic mass is 32.2. The van der Waals surface area contributed by atoms with Gasteiger partial charge in [0, 0.05) is 23.7 Å². The predicted octanol–water partition coefficient (Wildman–Crippen LogP) is 2.38. The number of amides is 1. The third-order valence-corrected chi connectivity index (χ3v) is 5.43. The lowest BCUT2D eigenvalue weighted by atomic mass is 10.1. The average Bonchev–Trinajstić information content (AvgIpc) is 3.17. The molecule has 1 amide bonds. The molecule has 20 heavy (non-hydrogen) atoms. The molecule has 2 fully saturated rings. The van der Waals surface area contributed by atoms with E-state index in [4.69, 9.17) is 0 Å². The van der Waals surface area contributed by atoms with Crippen LogP contribution in [0.4, 0.5) is 0 Å².